The van der Waals surface area contributed by atoms with E-state index in [2.05, 4.69) is 5.32 Å². The second kappa shape index (κ2) is 9.85. The van der Waals surface area contributed by atoms with Crippen molar-refractivity contribution in [2.24, 2.45) is 0 Å². The summed E-state index contributed by atoms with van der Waals surface area (Å²) in [6, 6.07) is 11.8. The van der Waals surface area contributed by atoms with Crippen molar-refractivity contribution < 1.29 is 17.9 Å². The minimum absolute atomic E-state index is 0.0554. The molecule has 30 heavy (non-hydrogen) atoms. The molecule has 1 aliphatic heterocycles. The maximum atomic E-state index is 13.1. The third kappa shape index (κ3) is 4.82. The van der Waals surface area contributed by atoms with E-state index in [1.54, 1.807) is 46.4 Å². The van der Waals surface area contributed by atoms with E-state index in [9.17, 15) is 13.2 Å². The number of anilines is 1. The zero-order valence-corrected chi connectivity index (χ0v) is 19.2. The molecule has 0 spiro atoms. The van der Waals surface area contributed by atoms with Gasteiger partial charge in [-0.05, 0) is 68.0 Å². The van der Waals surface area contributed by atoms with Gasteiger partial charge in [-0.15, -0.1) is 11.8 Å². The summed E-state index contributed by atoms with van der Waals surface area (Å²) in [6.07, 6.45) is 5.63. The van der Waals surface area contributed by atoms with Crippen molar-refractivity contribution in [2.45, 2.75) is 48.4 Å². The van der Waals surface area contributed by atoms with Crippen molar-refractivity contribution in [3.63, 3.8) is 0 Å². The smallest absolute Gasteiger partial charge is 0.259 e. The van der Waals surface area contributed by atoms with Crippen molar-refractivity contribution in [1.29, 1.82) is 0 Å². The topological polar surface area (TPSA) is 75.7 Å². The van der Waals surface area contributed by atoms with Crippen molar-refractivity contribution in [3.05, 3.63) is 48.0 Å². The fourth-order valence-electron chi connectivity index (χ4n) is 3.73. The molecule has 2 aromatic carbocycles. The maximum absolute atomic E-state index is 13.1. The molecule has 1 N–H and O–H groups in total. The highest BCUT2D eigenvalue weighted by atomic mass is 32.2. The van der Waals surface area contributed by atoms with Gasteiger partial charge in [0, 0.05) is 23.2 Å². The zero-order valence-electron chi connectivity index (χ0n) is 17.6. The summed E-state index contributed by atoms with van der Waals surface area (Å²) < 4.78 is 33.1. The lowest BCUT2D eigenvalue weighted by Gasteiger charge is -2.34. The van der Waals surface area contributed by atoms with Crippen LogP contribution in [-0.2, 0) is 10.0 Å². The van der Waals surface area contributed by atoms with Gasteiger partial charge in [0.25, 0.3) is 5.91 Å². The molecule has 1 saturated heterocycles. The molecule has 0 bridgehead atoms. The van der Waals surface area contributed by atoms with E-state index in [4.69, 9.17) is 4.74 Å². The minimum Gasteiger partial charge on any atom is -0.496 e. The van der Waals surface area contributed by atoms with Crippen LogP contribution >= 0.6 is 11.8 Å². The van der Waals surface area contributed by atoms with Gasteiger partial charge in [-0.3, -0.25) is 4.79 Å². The molecular formula is C22H28N2O4S2. The van der Waals surface area contributed by atoms with Crippen LogP contribution < -0.4 is 10.1 Å². The molecule has 3 rings (SSSR count). The van der Waals surface area contributed by atoms with Gasteiger partial charge in [0.1, 0.15) is 5.75 Å². The highest BCUT2D eigenvalue weighted by Crippen LogP contribution is 2.29. The van der Waals surface area contributed by atoms with Crippen molar-refractivity contribution in [3.8, 4) is 5.75 Å². The van der Waals surface area contributed by atoms with Crippen LogP contribution in [0.2, 0.25) is 0 Å². The first kappa shape index (κ1) is 22.7. The van der Waals surface area contributed by atoms with E-state index < -0.39 is 10.0 Å². The van der Waals surface area contributed by atoms with Crippen LogP contribution in [0.25, 0.3) is 0 Å². The highest BCUT2D eigenvalue weighted by Gasteiger charge is 2.32. The molecule has 1 aliphatic rings. The van der Waals surface area contributed by atoms with Gasteiger partial charge in [-0.25, -0.2) is 8.42 Å². The first-order chi connectivity index (χ1) is 14.4. The normalized spacial score (nSPS) is 17.5. The monoisotopic (exact) mass is 448 g/mol. The fourth-order valence-corrected chi connectivity index (χ4v) is 5.92. The summed E-state index contributed by atoms with van der Waals surface area (Å²) in [7, 11) is -2.01. The number of ether oxygens (including phenoxy) is 1. The van der Waals surface area contributed by atoms with E-state index in [0.717, 1.165) is 30.6 Å². The molecule has 6 nitrogen and oxygen atoms in total. The van der Waals surface area contributed by atoms with E-state index in [-0.39, 0.29) is 16.8 Å². The van der Waals surface area contributed by atoms with Crippen LogP contribution in [0.5, 0.6) is 5.75 Å². The van der Waals surface area contributed by atoms with Crippen LogP contribution in [0.3, 0.4) is 0 Å². The van der Waals surface area contributed by atoms with Crippen LogP contribution in [0.1, 0.15) is 43.0 Å². The highest BCUT2D eigenvalue weighted by molar-refractivity contribution is 7.98. The third-order valence-electron chi connectivity index (χ3n) is 5.42. The second-order valence-electron chi connectivity index (χ2n) is 7.22. The Morgan fingerprint density at radius 2 is 1.93 bits per heavy atom. The number of sulfonamides is 1. The maximum Gasteiger partial charge on any atom is 0.259 e. The van der Waals surface area contributed by atoms with Gasteiger partial charge in [-0.1, -0.05) is 13.3 Å². The SMILES string of the molecule is CCC1CCCCN1S(=O)(=O)c1ccc(NC(=O)c2ccc(SC)cc2OC)cc1. The second-order valence-corrected chi connectivity index (χ2v) is 9.99. The number of hydrogen-bond donors (Lipinski definition) is 1. The van der Waals surface area contributed by atoms with Gasteiger partial charge in [0.2, 0.25) is 10.0 Å². The third-order valence-corrected chi connectivity index (χ3v) is 8.11. The molecule has 1 amide bonds. The first-order valence-corrected chi connectivity index (χ1v) is 12.7. The molecule has 162 valence electrons. The Bertz CT molecular complexity index is 991. The largest absolute Gasteiger partial charge is 0.496 e. The average Bonchev–Trinajstić information content (AvgIpc) is 2.78. The Morgan fingerprint density at radius 1 is 1.20 bits per heavy atom. The van der Waals surface area contributed by atoms with Gasteiger partial charge in [-0.2, -0.15) is 4.31 Å². The molecular weight excluding hydrogens is 420 g/mol. The molecule has 8 heteroatoms. The molecule has 1 heterocycles. The molecule has 2 aromatic rings. The minimum atomic E-state index is -3.54. The number of nitrogens with zero attached hydrogens (tertiary/aromatic N) is 1. The average molecular weight is 449 g/mol. The number of nitrogens with one attached hydrogen (secondary N) is 1. The Labute approximate surface area is 183 Å². The van der Waals surface area contributed by atoms with Crippen LogP contribution in [-0.4, -0.2) is 44.6 Å². The van der Waals surface area contributed by atoms with Gasteiger partial charge >= 0.3 is 0 Å². The van der Waals surface area contributed by atoms with Crippen LogP contribution in [0.15, 0.2) is 52.3 Å². The first-order valence-electron chi connectivity index (χ1n) is 10.1. The Balaban J connectivity index is 1.77. The standard InChI is InChI=1S/C22H28N2O4S2/c1-4-17-7-5-6-14-24(17)30(26,27)19-11-8-16(9-12-19)23-22(25)20-13-10-18(29-3)15-21(20)28-2/h8-13,15,17H,4-7,14H2,1-3H3,(H,23,25). The molecule has 0 aromatic heterocycles. The number of thioether (sulfide) groups is 1. The quantitative estimate of drug-likeness (QED) is 0.626. The summed E-state index contributed by atoms with van der Waals surface area (Å²) in [5.41, 5.74) is 0.951. The molecule has 1 unspecified atom stereocenters. The number of methoxy groups -OCH3 is 1. The van der Waals surface area contributed by atoms with Gasteiger partial charge in [0.15, 0.2) is 0 Å². The zero-order chi connectivity index (χ0) is 21.7. The predicted octanol–water partition coefficient (Wildman–Crippen LogP) is 4.62. The summed E-state index contributed by atoms with van der Waals surface area (Å²) in [5, 5.41) is 2.81. The number of carbonyl (C=O) groups excluding carboxylic acids is 1. The number of carbonyl (C=O) groups is 1. The molecule has 1 atom stereocenters. The van der Waals surface area contributed by atoms with Gasteiger partial charge in [0.05, 0.1) is 17.6 Å². The number of rotatable bonds is 7. The molecule has 0 radical (unpaired) electrons. The number of hydrogen-bond acceptors (Lipinski definition) is 5. The summed E-state index contributed by atoms with van der Waals surface area (Å²) >= 11 is 1.57. The van der Waals surface area contributed by atoms with Gasteiger partial charge < -0.3 is 10.1 Å². The lowest BCUT2D eigenvalue weighted by Crippen LogP contribution is -2.43. The van der Waals surface area contributed by atoms with Crippen molar-refractivity contribution >= 4 is 33.4 Å². The number of piperidine rings is 1. The lowest BCUT2D eigenvalue weighted by atomic mass is 10.0. The van der Waals surface area contributed by atoms with E-state index >= 15 is 0 Å². The number of amides is 1. The van der Waals surface area contributed by atoms with E-state index in [1.165, 1.54) is 7.11 Å². The molecule has 0 aliphatic carbocycles. The molecule has 1 fully saturated rings. The fraction of sp³-hybridized carbons (Fsp3) is 0.409. The van der Waals surface area contributed by atoms with Crippen molar-refractivity contribution in [2.75, 3.05) is 25.2 Å². The summed E-state index contributed by atoms with van der Waals surface area (Å²) in [4.78, 5) is 13.9. The Kier molecular flexibility index (Phi) is 7.44. The van der Waals surface area contributed by atoms with Crippen LogP contribution in [0, 0.1) is 0 Å². The summed E-state index contributed by atoms with van der Waals surface area (Å²) in [6.45, 7) is 2.59. The molecule has 0 saturated carbocycles. The summed E-state index contributed by atoms with van der Waals surface area (Å²) in [5.74, 6) is 0.187. The van der Waals surface area contributed by atoms with E-state index in [1.807, 2.05) is 25.3 Å². The lowest BCUT2D eigenvalue weighted by molar-refractivity contribution is 0.102. The van der Waals surface area contributed by atoms with E-state index in [0.29, 0.717) is 23.5 Å². The Hall–Kier alpha value is -2.03. The van der Waals surface area contributed by atoms with Crippen LogP contribution in [0.4, 0.5) is 5.69 Å². The number of benzene rings is 2. The van der Waals surface area contributed by atoms with Crippen molar-refractivity contribution in [1.82, 2.24) is 4.31 Å². The Morgan fingerprint density at radius 3 is 2.57 bits per heavy atom. The predicted molar refractivity (Wildman–Crippen MR) is 121 cm³/mol.